The van der Waals surface area contributed by atoms with Gasteiger partial charge in [0.05, 0.1) is 30.3 Å². The van der Waals surface area contributed by atoms with Crippen LogP contribution in [-0.4, -0.2) is 61.7 Å². The first kappa shape index (κ1) is 25.7. The minimum atomic E-state index is -0.804. The van der Waals surface area contributed by atoms with Crippen molar-refractivity contribution in [3.8, 4) is 0 Å². The van der Waals surface area contributed by atoms with Crippen molar-refractivity contribution in [3.63, 3.8) is 0 Å². The van der Waals surface area contributed by atoms with E-state index in [0.717, 1.165) is 48.1 Å². The molecule has 1 unspecified atom stereocenters. The van der Waals surface area contributed by atoms with Gasteiger partial charge in [-0.15, -0.1) is 0 Å². The van der Waals surface area contributed by atoms with Gasteiger partial charge in [0.1, 0.15) is 16.9 Å². The maximum Gasteiger partial charge on any atom is 0.319 e. The lowest BCUT2D eigenvalue weighted by atomic mass is 9.78. The molecule has 1 amide bonds. The summed E-state index contributed by atoms with van der Waals surface area (Å²) in [5, 5.41) is 7.87. The fourth-order valence-corrected chi connectivity index (χ4v) is 6.37. The second-order valence-corrected chi connectivity index (χ2v) is 13.7. The Hall–Kier alpha value is -2.98. The van der Waals surface area contributed by atoms with E-state index in [0.29, 0.717) is 37.0 Å². The summed E-state index contributed by atoms with van der Waals surface area (Å²) in [7, 11) is 2.94. The van der Waals surface area contributed by atoms with Gasteiger partial charge in [0.15, 0.2) is 0 Å². The third kappa shape index (κ3) is 4.96. The first-order valence-corrected chi connectivity index (χ1v) is 14.3. The van der Waals surface area contributed by atoms with Crippen LogP contribution in [0.5, 0.6) is 0 Å². The summed E-state index contributed by atoms with van der Waals surface area (Å²) < 4.78 is 12.7. The Labute approximate surface area is 220 Å². The molecule has 1 saturated carbocycles. The fraction of sp³-hybridized carbons (Fsp3) is 0.556. The number of nitrogens with one attached hydrogen (secondary N) is 2. The van der Waals surface area contributed by atoms with Gasteiger partial charge in [0.2, 0.25) is 0 Å². The first-order chi connectivity index (χ1) is 17.7. The predicted molar refractivity (Wildman–Crippen MR) is 144 cm³/mol. The Morgan fingerprint density at radius 2 is 2.08 bits per heavy atom. The molecule has 37 heavy (non-hydrogen) atoms. The van der Waals surface area contributed by atoms with Crippen LogP contribution in [0.4, 0.5) is 0 Å². The van der Waals surface area contributed by atoms with E-state index in [9.17, 15) is 9.59 Å². The van der Waals surface area contributed by atoms with Crippen molar-refractivity contribution in [1.29, 1.82) is 0 Å². The highest BCUT2D eigenvalue weighted by atomic mass is 28.1. The molecule has 5 rings (SSSR count). The number of carbonyl (C=O) groups excluding carboxylic acids is 2. The summed E-state index contributed by atoms with van der Waals surface area (Å²) in [5.41, 5.74) is 2.23. The van der Waals surface area contributed by atoms with Crippen LogP contribution in [0.1, 0.15) is 73.9 Å². The summed E-state index contributed by atoms with van der Waals surface area (Å²) in [6, 6.07) is 7.37. The highest BCUT2D eigenvalue weighted by Crippen LogP contribution is 2.45. The van der Waals surface area contributed by atoms with Crippen molar-refractivity contribution in [2.24, 2.45) is 13.0 Å². The van der Waals surface area contributed by atoms with Gasteiger partial charge in [-0.2, -0.15) is 5.10 Å². The average molecular weight is 524 g/mol. The molecule has 0 spiro atoms. The second kappa shape index (κ2) is 10.1. The molecule has 0 radical (unpaired) electrons. The molecule has 2 fully saturated rings. The van der Waals surface area contributed by atoms with Crippen molar-refractivity contribution in [2.75, 3.05) is 19.8 Å². The smallest absolute Gasteiger partial charge is 0.319 e. The molecule has 9 nitrogen and oxygen atoms in total. The number of rotatable bonds is 7. The van der Waals surface area contributed by atoms with Crippen LogP contribution < -0.4 is 5.32 Å². The number of hydrogen-bond acceptors (Lipinski definition) is 6. The SMILES string of the molecule is CCOC(=O)C1(c2ccc3nc([C@@H](NC(=O)c4ccnn4C)C4CCC(C)([SiH3])CC4)[nH]c3c2)CCOC1. The molecule has 2 aliphatic rings. The minimum Gasteiger partial charge on any atom is -0.465 e. The number of amides is 1. The maximum atomic E-state index is 13.2. The number of nitrogens with zero attached hydrogens (tertiary/aromatic N) is 3. The van der Waals surface area contributed by atoms with Crippen molar-refractivity contribution in [3.05, 3.63) is 47.5 Å². The number of aryl methyl sites for hydroxylation is 1. The normalized spacial score (nSPS) is 26.8. The number of esters is 1. The number of imidazole rings is 1. The molecular formula is C27H37N5O4Si. The van der Waals surface area contributed by atoms with Gasteiger partial charge in [0, 0.05) is 30.1 Å². The molecule has 3 heterocycles. The topological polar surface area (TPSA) is 111 Å². The van der Waals surface area contributed by atoms with E-state index in [1.165, 1.54) is 10.2 Å². The first-order valence-electron chi connectivity index (χ1n) is 13.3. The molecule has 3 aromatic rings. The molecule has 1 aliphatic carbocycles. The Morgan fingerprint density at radius 3 is 2.73 bits per heavy atom. The van der Waals surface area contributed by atoms with Gasteiger partial charge in [0.25, 0.3) is 5.91 Å². The minimum absolute atomic E-state index is 0.158. The van der Waals surface area contributed by atoms with Crippen LogP contribution in [-0.2, 0) is 26.7 Å². The molecule has 198 valence electrons. The predicted octanol–water partition coefficient (Wildman–Crippen LogP) is 2.72. The maximum absolute atomic E-state index is 13.2. The van der Waals surface area contributed by atoms with Gasteiger partial charge in [-0.25, -0.2) is 4.98 Å². The number of benzene rings is 1. The zero-order valence-corrected chi connectivity index (χ0v) is 24.2. The summed E-state index contributed by atoms with van der Waals surface area (Å²) in [6.07, 6.45) is 6.63. The highest BCUT2D eigenvalue weighted by molar-refractivity contribution is 6.14. The zero-order chi connectivity index (χ0) is 26.2. The van der Waals surface area contributed by atoms with Crippen molar-refractivity contribution in [2.45, 2.75) is 62.4 Å². The molecule has 1 saturated heterocycles. The number of fused-ring (bicyclic) bond motifs is 1. The van der Waals surface area contributed by atoms with Crippen LogP contribution >= 0.6 is 0 Å². The highest BCUT2D eigenvalue weighted by Gasteiger charge is 2.45. The van der Waals surface area contributed by atoms with Crippen LogP contribution in [0.25, 0.3) is 11.0 Å². The number of aromatic nitrogens is 4. The van der Waals surface area contributed by atoms with Gasteiger partial charge >= 0.3 is 5.97 Å². The number of hydrogen-bond donors (Lipinski definition) is 2. The van der Waals surface area contributed by atoms with Crippen molar-refractivity contribution < 1.29 is 19.1 Å². The number of ether oxygens (including phenoxy) is 2. The van der Waals surface area contributed by atoms with Gasteiger partial charge in [-0.05, 0) is 60.9 Å². The third-order valence-corrected chi connectivity index (χ3v) is 9.23. The molecule has 2 atom stereocenters. The van der Waals surface area contributed by atoms with E-state index in [1.807, 2.05) is 25.1 Å². The number of aromatic amines is 1. The Bertz CT molecular complexity index is 1280. The van der Waals surface area contributed by atoms with E-state index in [2.05, 4.69) is 22.3 Å². The van der Waals surface area contributed by atoms with E-state index in [-0.39, 0.29) is 23.8 Å². The van der Waals surface area contributed by atoms with Crippen LogP contribution in [0.15, 0.2) is 30.5 Å². The van der Waals surface area contributed by atoms with Gasteiger partial charge in [-0.3, -0.25) is 14.3 Å². The average Bonchev–Trinajstić information content (AvgIpc) is 3.62. The standard InChI is InChI=1S/C27H37N5O4Si/c1-4-36-25(34)27(12-14-35-16-27)18-5-6-19-20(15-18)30-23(29-19)22(17-7-10-26(2,37)11-8-17)31-24(33)21-9-13-28-32(21)3/h5-6,9,13,15,17,22H,4,7-8,10-12,14,16H2,1-3,37H3,(H,29,30)(H,31,33)/t17?,22-,26?,27?/m0/s1. The molecule has 2 N–H and O–H groups in total. The monoisotopic (exact) mass is 523 g/mol. The van der Waals surface area contributed by atoms with Gasteiger partial charge < -0.3 is 19.8 Å². The number of H-pyrrole nitrogens is 1. The van der Waals surface area contributed by atoms with E-state index in [1.54, 1.807) is 24.0 Å². The van der Waals surface area contributed by atoms with Crippen LogP contribution in [0, 0.1) is 5.92 Å². The molecular weight excluding hydrogens is 486 g/mol. The third-order valence-electron chi connectivity index (χ3n) is 8.23. The molecule has 2 aromatic heterocycles. The van der Waals surface area contributed by atoms with E-state index in [4.69, 9.17) is 14.5 Å². The van der Waals surface area contributed by atoms with Crippen LogP contribution in [0.3, 0.4) is 0 Å². The molecule has 0 bridgehead atoms. The quantitative estimate of drug-likeness (QED) is 0.364. The van der Waals surface area contributed by atoms with E-state index >= 15 is 0 Å². The molecule has 1 aliphatic heterocycles. The van der Waals surface area contributed by atoms with E-state index < -0.39 is 5.41 Å². The zero-order valence-electron chi connectivity index (χ0n) is 22.2. The Balaban J connectivity index is 1.49. The summed E-state index contributed by atoms with van der Waals surface area (Å²) in [5.74, 6) is 0.627. The summed E-state index contributed by atoms with van der Waals surface area (Å²) in [6.45, 7) is 5.35. The van der Waals surface area contributed by atoms with Gasteiger partial charge in [-0.1, -0.05) is 25.8 Å². The van der Waals surface area contributed by atoms with Crippen molar-refractivity contribution >= 4 is 33.2 Å². The summed E-state index contributed by atoms with van der Waals surface area (Å²) in [4.78, 5) is 34.6. The Morgan fingerprint density at radius 1 is 1.30 bits per heavy atom. The summed E-state index contributed by atoms with van der Waals surface area (Å²) >= 11 is 0. The number of carbonyl (C=O) groups is 2. The molecule has 10 heteroatoms. The lowest BCUT2D eigenvalue weighted by molar-refractivity contribution is -0.150. The van der Waals surface area contributed by atoms with Crippen molar-refractivity contribution in [1.82, 2.24) is 25.1 Å². The van der Waals surface area contributed by atoms with Crippen LogP contribution in [0.2, 0.25) is 5.04 Å². The fourth-order valence-electron chi connectivity index (χ4n) is 5.79. The largest absolute Gasteiger partial charge is 0.465 e. The lowest BCUT2D eigenvalue weighted by Gasteiger charge is -2.37. The second-order valence-electron chi connectivity index (χ2n) is 11.3. The molecule has 1 aromatic carbocycles. The lowest BCUT2D eigenvalue weighted by Crippen LogP contribution is -2.38. The Kier molecular flexibility index (Phi) is 6.97.